The third kappa shape index (κ3) is 3.75. The van der Waals surface area contributed by atoms with E-state index in [4.69, 9.17) is 0 Å². The third-order valence-corrected chi connectivity index (χ3v) is 5.74. The van der Waals surface area contributed by atoms with E-state index >= 15 is 0 Å². The zero-order valence-corrected chi connectivity index (χ0v) is 14.8. The maximum atomic E-state index is 12.4. The number of piperidine rings is 1. The minimum atomic E-state index is -0.652. The smallest absolute Gasteiger partial charge is 0.237 e. The van der Waals surface area contributed by atoms with Crippen LogP contribution < -0.4 is 10.6 Å². The number of hydrogen-bond acceptors (Lipinski definition) is 3. The van der Waals surface area contributed by atoms with Crippen molar-refractivity contribution in [2.45, 2.75) is 63.7 Å². The van der Waals surface area contributed by atoms with Gasteiger partial charge in [0.1, 0.15) is 0 Å². The fourth-order valence-electron chi connectivity index (χ4n) is 4.13. The first kappa shape index (κ1) is 17.6. The summed E-state index contributed by atoms with van der Waals surface area (Å²) in [4.78, 5) is 36.0. The van der Waals surface area contributed by atoms with Gasteiger partial charge in [0.2, 0.25) is 17.7 Å². The van der Waals surface area contributed by atoms with Gasteiger partial charge in [-0.05, 0) is 49.3 Å². The molecule has 1 unspecified atom stereocenters. The van der Waals surface area contributed by atoms with Crippen LogP contribution in [-0.2, 0) is 19.8 Å². The standard InChI is InChI=1S/C20H26N2O3/c1-2-20(12-11-17(23)22-19(20)25)15-7-9-16(10-8-15)21-18(24)13-14-5-3-4-6-14/h7-10,14H,2-6,11-13H2,1H3,(H,21,24)(H,22,23,25). The molecule has 1 aromatic carbocycles. The highest BCUT2D eigenvalue weighted by atomic mass is 16.2. The molecule has 5 nitrogen and oxygen atoms in total. The number of hydrogen-bond donors (Lipinski definition) is 2. The van der Waals surface area contributed by atoms with Crippen molar-refractivity contribution in [3.63, 3.8) is 0 Å². The Hall–Kier alpha value is -2.17. The first-order valence-electron chi connectivity index (χ1n) is 9.28. The van der Waals surface area contributed by atoms with Crippen molar-refractivity contribution in [1.29, 1.82) is 0 Å². The number of benzene rings is 1. The molecule has 3 amide bonds. The van der Waals surface area contributed by atoms with Crippen LogP contribution in [0.25, 0.3) is 0 Å². The molecule has 0 bridgehead atoms. The normalized spacial score (nSPS) is 24.2. The predicted molar refractivity (Wildman–Crippen MR) is 96.0 cm³/mol. The van der Waals surface area contributed by atoms with Crippen LogP contribution in [0.4, 0.5) is 5.69 Å². The zero-order chi connectivity index (χ0) is 17.9. The molecular formula is C20H26N2O3. The van der Waals surface area contributed by atoms with E-state index in [2.05, 4.69) is 10.6 Å². The molecule has 0 spiro atoms. The lowest BCUT2D eigenvalue weighted by atomic mass is 9.72. The summed E-state index contributed by atoms with van der Waals surface area (Å²) in [6, 6.07) is 7.49. The lowest BCUT2D eigenvalue weighted by molar-refractivity contribution is -0.138. The quantitative estimate of drug-likeness (QED) is 0.806. The highest BCUT2D eigenvalue weighted by molar-refractivity contribution is 6.03. The molecule has 1 atom stereocenters. The Bertz CT molecular complexity index is 662. The monoisotopic (exact) mass is 342 g/mol. The molecule has 2 N–H and O–H groups in total. The van der Waals surface area contributed by atoms with Gasteiger partial charge in [-0.25, -0.2) is 0 Å². The van der Waals surface area contributed by atoms with Crippen LogP contribution in [0, 0.1) is 5.92 Å². The molecule has 1 saturated heterocycles. The van der Waals surface area contributed by atoms with E-state index in [1.165, 1.54) is 12.8 Å². The van der Waals surface area contributed by atoms with Gasteiger partial charge in [-0.15, -0.1) is 0 Å². The molecule has 1 aromatic rings. The Morgan fingerprint density at radius 2 is 1.88 bits per heavy atom. The summed E-state index contributed by atoms with van der Waals surface area (Å²) < 4.78 is 0. The second-order valence-corrected chi connectivity index (χ2v) is 7.29. The molecule has 5 heteroatoms. The summed E-state index contributed by atoms with van der Waals surface area (Å²) in [5, 5.41) is 5.41. The van der Waals surface area contributed by atoms with E-state index in [1.807, 2.05) is 31.2 Å². The van der Waals surface area contributed by atoms with E-state index in [-0.39, 0.29) is 17.7 Å². The van der Waals surface area contributed by atoms with Gasteiger partial charge in [0.05, 0.1) is 5.41 Å². The number of anilines is 1. The van der Waals surface area contributed by atoms with E-state index in [1.54, 1.807) is 0 Å². The first-order valence-corrected chi connectivity index (χ1v) is 9.28. The first-order chi connectivity index (χ1) is 12.0. The van der Waals surface area contributed by atoms with Gasteiger partial charge < -0.3 is 5.32 Å². The van der Waals surface area contributed by atoms with Crippen LogP contribution in [0.1, 0.15) is 63.9 Å². The highest BCUT2D eigenvalue weighted by Crippen LogP contribution is 2.36. The second kappa shape index (κ2) is 7.38. The topological polar surface area (TPSA) is 75.3 Å². The number of amides is 3. The Kier molecular flexibility index (Phi) is 5.21. The van der Waals surface area contributed by atoms with Crippen LogP contribution in [0.2, 0.25) is 0 Å². The summed E-state index contributed by atoms with van der Waals surface area (Å²) >= 11 is 0. The van der Waals surface area contributed by atoms with Gasteiger partial charge in [0.25, 0.3) is 0 Å². The summed E-state index contributed by atoms with van der Waals surface area (Å²) in [6.45, 7) is 1.96. The van der Waals surface area contributed by atoms with Crippen molar-refractivity contribution in [3.05, 3.63) is 29.8 Å². The number of carbonyl (C=O) groups excluding carboxylic acids is 3. The molecule has 3 rings (SSSR count). The zero-order valence-electron chi connectivity index (χ0n) is 14.8. The van der Waals surface area contributed by atoms with E-state index in [0.29, 0.717) is 31.6 Å². The summed E-state index contributed by atoms with van der Waals surface area (Å²) in [6.07, 6.45) is 6.89. The second-order valence-electron chi connectivity index (χ2n) is 7.29. The average molecular weight is 342 g/mol. The average Bonchev–Trinajstić information content (AvgIpc) is 3.09. The number of rotatable bonds is 5. The van der Waals surface area contributed by atoms with E-state index in [9.17, 15) is 14.4 Å². The Labute approximate surface area is 148 Å². The molecular weight excluding hydrogens is 316 g/mol. The Morgan fingerprint density at radius 3 is 2.48 bits per heavy atom. The molecule has 1 heterocycles. The van der Waals surface area contributed by atoms with Gasteiger partial charge in [-0.2, -0.15) is 0 Å². The summed E-state index contributed by atoms with van der Waals surface area (Å²) in [7, 11) is 0. The maximum absolute atomic E-state index is 12.4. The van der Waals surface area contributed by atoms with Gasteiger partial charge in [0.15, 0.2) is 0 Å². The summed E-state index contributed by atoms with van der Waals surface area (Å²) in [5.74, 6) is 0.158. The minimum Gasteiger partial charge on any atom is -0.326 e. The molecule has 0 aromatic heterocycles. The lowest BCUT2D eigenvalue weighted by Crippen LogP contribution is -2.51. The maximum Gasteiger partial charge on any atom is 0.237 e. The predicted octanol–water partition coefficient (Wildman–Crippen LogP) is 3.29. The fourth-order valence-corrected chi connectivity index (χ4v) is 4.13. The van der Waals surface area contributed by atoms with Crippen molar-refractivity contribution in [1.82, 2.24) is 5.32 Å². The van der Waals surface area contributed by atoms with Crippen molar-refractivity contribution in [3.8, 4) is 0 Å². The fraction of sp³-hybridized carbons (Fsp3) is 0.550. The van der Waals surface area contributed by atoms with Crippen LogP contribution in [-0.4, -0.2) is 17.7 Å². The lowest BCUT2D eigenvalue weighted by Gasteiger charge is -2.35. The van der Waals surface area contributed by atoms with Gasteiger partial charge in [-0.1, -0.05) is 31.9 Å². The number of carbonyl (C=O) groups is 3. The molecule has 2 fully saturated rings. The summed E-state index contributed by atoms with van der Waals surface area (Å²) in [5.41, 5.74) is 0.999. The molecule has 1 saturated carbocycles. The van der Waals surface area contributed by atoms with Crippen LogP contribution in [0.5, 0.6) is 0 Å². The Morgan fingerprint density at radius 1 is 1.20 bits per heavy atom. The van der Waals surface area contributed by atoms with E-state index in [0.717, 1.165) is 24.1 Å². The molecule has 134 valence electrons. The van der Waals surface area contributed by atoms with Crippen LogP contribution >= 0.6 is 0 Å². The van der Waals surface area contributed by atoms with E-state index < -0.39 is 5.41 Å². The molecule has 1 aliphatic carbocycles. The Balaban J connectivity index is 1.67. The molecule has 0 radical (unpaired) electrons. The highest BCUT2D eigenvalue weighted by Gasteiger charge is 2.42. The molecule has 2 aliphatic rings. The number of nitrogens with one attached hydrogen (secondary N) is 2. The van der Waals surface area contributed by atoms with Crippen molar-refractivity contribution in [2.24, 2.45) is 5.92 Å². The number of imide groups is 1. The SMILES string of the molecule is CCC1(c2ccc(NC(=O)CC3CCCC3)cc2)CCC(=O)NC1=O. The van der Waals surface area contributed by atoms with Crippen molar-refractivity contribution in [2.75, 3.05) is 5.32 Å². The van der Waals surface area contributed by atoms with Gasteiger partial charge in [0, 0.05) is 18.5 Å². The van der Waals surface area contributed by atoms with Crippen molar-refractivity contribution >= 4 is 23.4 Å². The largest absolute Gasteiger partial charge is 0.326 e. The van der Waals surface area contributed by atoms with Crippen molar-refractivity contribution < 1.29 is 14.4 Å². The van der Waals surface area contributed by atoms with Gasteiger partial charge >= 0.3 is 0 Å². The van der Waals surface area contributed by atoms with Crippen LogP contribution in [0.3, 0.4) is 0 Å². The minimum absolute atomic E-state index is 0.0610. The molecule has 25 heavy (non-hydrogen) atoms. The van der Waals surface area contributed by atoms with Crippen LogP contribution in [0.15, 0.2) is 24.3 Å². The third-order valence-electron chi connectivity index (χ3n) is 5.74. The van der Waals surface area contributed by atoms with Gasteiger partial charge in [-0.3, -0.25) is 19.7 Å². The molecule has 1 aliphatic heterocycles.